The highest BCUT2D eigenvalue weighted by molar-refractivity contribution is 5.87. The van der Waals surface area contributed by atoms with Gasteiger partial charge < -0.3 is 15.1 Å². The number of carbonyl (C=O) groups excluding carboxylic acids is 1. The molecule has 1 aliphatic heterocycles. The second kappa shape index (κ2) is 11.4. The number of benzene rings is 2. The first-order chi connectivity index (χ1) is 16.2. The highest BCUT2D eigenvalue weighted by atomic mass is 19.3. The normalized spacial score (nSPS) is 19.5. The van der Waals surface area contributed by atoms with E-state index in [0.29, 0.717) is 6.42 Å². The molecule has 7 heteroatoms. The quantitative estimate of drug-likeness (QED) is 0.464. The number of aliphatic hydroxyl groups is 1. The van der Waals surface area contributed by atoms with Gasteiger partial charge in [0, 0.05) is 13.0 Å². The number of rotatable bonds is 11. The zero-order valence-electron chi connectivity index (χ0n) is 19.2. The molecule has 5 nitrogen and oxygen atoms in total. The molecule has 1 heterocycles. The van der Waals surface area contributed by atoms with E-state index in [9.17, 15) is 23.5 Å². The van der Waals surface area contributed by atoms with Crippen molar-refractivity contribution in [3.8, 4) is 0 Å². The Morgan fingerprint density at radius 3 is 2.41 bits per heavy atom. The highest BCUT2D eigenvalue weighted by Gasteiger charge is 2.52. The molecule has 0 aromatic heterocycles. The maximum Gasteiger partial charge on any atom is 0.335 e. The average molecular weight is 472 g/mol. The highest BCUT2D eigenvalue weighted by Crippen LogP contribution is 2.34. The average Bonchev–Trinajstić information content (AvgIpc) is 3.04. The molecule has 0 aliphatic carbocycles. The van der Waals surface area contributed by atoms with E-state index in [1.165, 1.54) is 29.8 Å². The van der Waals surface area contributed by atoms with Crippen LogP contribution in [-0.2, 0) is 17.6 Å². The van der Waals surface area contributed by atoms with Gasteiger partial charge in [-0.25, -0.2) is 4.79 Å². The fourth-order valence-electron chi connectivity index (χ4n) is 4.20. The van der Waals surface area contributed by atoms with Crippen LogP contribution in [0.15, 0.2) is 66.7 Å². The summed E-state index contributed by atoms with van der Waals surface area (Å²) < 4.78 is 28.3. The summed E-state index contributed by atoms with van der Waals surface area (Å²) in [5.41, 5.74) is 2.13. The van der Waals surface area contributed by atoms with Gasteiger partial charge in [-0.2, -0.15) is 8.78 Å². The minimum Gasteiger partial charge on any atom is -0.478 e. The molecule has 0 radical (unpaired) electrons. The van der Waals surface area contributed by atoms with Crippen molar-refractivity contribution in [2.75, 3.05) is 6.54 Å². The Kier molecular flexibility index (Phi) is 8.56. The molecule has 1 fully saturated rings. The van der Waals surface area contributed by atoms with Crippen molar-refractivity contribution < 1.29 is 28.6 Å². The molecule has 2 aromatic carbocycles. The Hall–Kier alpha value is -3.06. The second-order valence-corrected chi connectivity index (χ2v) is 8.96. The van der Waals surface area contributed by atoms with Crippen LogP contribution in [0.1, 0.15) is 47.7 Å². The fraction of sp³-hybridized carbons (Fsp3) is 0.407. The maximum atomic E-state index is 14.2. The van der Waals surface area contributed by atoms with E-state index in [0.717, 1.165) is 29.7 Å². The molecule has 2 aromatic rings. The van der Waals surface area contributed by atoms with Gasteiger partial charge in [-0.3, -0.25) is 4.79 Å². The summed E-state index contributed by atoms with van der Waals surface area (Å²) in [5, 5.41) is 19.5. The lowest BCUT2D eigenvalue weighted by Gasteiger charge is -2.22. The van der Waals surface area contributed by atoms with E-state index >= 15 is 0 Å². The second-order valence-electron chi connectivity index (χ2n) is 8.96. The molecule has 2 unspecified atom stereocenters. The van der Waals surface area contributed by atoms with Crippen LogP contribution in [0, 0.1) is 5.92 Å². The molecule has 0 bridgehead atoms. The standard InChI is InChI=1S/C27H31F2NO4/c1-19(6-5-9-20-7-3-2-4-8-20)24(31)15-14-23-18-27(28,29)26(34)30(23)17-16-21-10-12-22(13-11-21)25(32)33/h2-4,7-8,10-15,19,23-24,31H,5-6,9,16-18H2,1H3,(H,32,33)/b15-14+/t19?,23?,24-/m1/s1. The topological polar surface area (TPSA) is 77.8 Å². The van der Waals surface area contributed by atoms with Crippen molar-refractivity contribution in [1.29, 1.82) is 0 Å². The molecular weight excluding hydrogens is 440 g/mol. The van der Waals surface area contributed by atoms with Crippen LogP contribution in [0.4, 0.5) is 8.78 Å². The molecule has 3 atom stereocenters. The number of aromatic carboxylic acids is 1. The molecule has 1 amide bonds. The summed E-state index contributed by atoms with van der Waals surface area (Å²) >= 11 is 0. The molecule has 182 valence electrons. The Labute approximate surface area is 198 Å². The van der Waals surface area contributed by atoms with E-state index in [1.54, 1.807) is 12.1 Å². The summed E-state index contributed by atoms with van der Waals surface area (Å²) in [6.45, 7) is 2.01. The fourth-order valence-corrected chi connectivity index (χ4v) is 4.20. The Balaban J connectivity index is 1.55. The number of halogens is 2. The van der Waals surface area contributed by atoms with Crippen molar-refractivity contribution >= 4 is 11.9 Å². The SMILES string of the molecule is CC(CCCc1ccccc1)[C@H](O)/C=C/C1CC(F)(F)C(=O)N1CCc1ccc(C(=O)O)cc1. The van der Waals surface area contributed by atoms with E-state index in [1.807, 2.05) is 25.1 Å². The summed E-state index contributed by atoms with van der Waals surface area (Å²) in [6, 6.07) is 15.4. The van der Waals surface area contributed by atoms with Gasteiger partial charge in [-0.15, -0.1) is 0 Å². The van der Waals surface area contributed by atoms with Crippen molar-refractivity contribution in [1.82, 2.24) is 4.90 Å². The van der Waals surface area contributed by atoms with E-state index in [-0.39, 0.29) is 18.0 Å². The first kappa shape index (κ1) is 25.6. The van der Waals surface area contributed by atoms with Crippen LogP contribution in [0.5, 0.6) is 0 Å². The Morgan fingerprint density at radius 1 is 1.12 bits per heavy atom. The predicted molar refractivity (Wildman–Crippen MR) is 126 cm³/mol. The van der Waals surface area contributed by atoms with Crippen molar-refractivity contribution in [3.63, 3.8) is 0 Å². The lowest BCUT2D eigenvalue weighted by molar-refractivity contribution is -0.148. The largest absolute Gasteiger partial charge is 0.478 e. The lowest BCUT2D eigenvalue weighted by Crippen LogP contribution is -2.37. The molecule has 1 aliphatic rings. The number of aliphatic hydroxyl groups excluding tert-OH is 1. The number of nitrogens with zero attached hydrogens (tertiary/aromatic N) is 1. The van der Waals surface area contributed by atoms with Crippen LogP contribution in [0.2, 0.25) is 0 Å². The van der Waals surface area contributed by atoms with Crippen LogP contribution in [0.3, 0.4) is 0 Å². The third-order valence-corrected chi connectivity index (χ3v) is 6.36. The van der Waals surface area contributed by atoms with Crippen molar-refractivity contribution in [2.24, 2.45) is 5.92 Å². The minimum absolute atomic E-state index is 0.0428. The number of carboxylic acid groups (broad SMARTS) is 1. The van der Waals surface area contributed by atoms with E-state index in [4.69, 9.17) is 5.11 Å². The molecule has 1 saturated heterocycles. The van der Waals surface area contributed by atoms with Crippen LogP contribution in [0.25, 0.3) is 0 Å². The molecule has 0 spiro atoms. The maximum absolute atomic E-state index is 14.2. The third-order valence-electron chi connectivity index (χ3n) is 6.36. The number of aryl methyl sites for hydroxylation is 1. The number of likely N-dealkylation sites (tertiary alicyclic amines) is 1. The lowest BCUT2D eigenvalue weighted by atomic mass is 9.95. The zero-order valence-corrected chi connectivity index (χ0v) is 19.2. The number of hydrogen-bond acceptors (Lipinski definition) is 3. The van der Waals surface area contributed by atoms with E-state index < -0.39 is 36.4 Å². The van der Waals surface area contributed by atoms with Crippen molar-refractivity contribution in [2.45, 2.75) is 57.1 Å². The summed E-state index contributed by atoms with van der Waals surface area (Å²) in [6.07, 6.45) is 4.57. The first-order valence-corrected chi connectivity index (χ1v) is 11.6. The van der Waals surface area contributed by atoms with Gasteiger partial charge in [0.25, 0.3) is 5.91 Å². The summed E-state index contributed by atoms with van der Waals surface area (Å²) in [5.74, 6) is -5.73. The minimum atomic E-state index is -3.44. The number of carboxylic acids is 1. The Morgan fingerprint density at radius 2 is 1.76 bits per heavy atom. The molecule has 3 rings (SSSR count). The van der Waals surface area contributed by atoms with Gasteiger partial charge in [0.1, 0.15) is 0 Å². The van der Waals surface area contributed by atoms with Gasteiger partial charge >= 0.3 is 11.9 Å². The number of carbonyl (C=O) groups is 2. The monoisotopic (exact) mass is 471 g/mol. The van der Waals surface area contributed by atoms with Crippen LogP contribution >= 0.6 is 0 Å². The Bertz CT molecular complexity index is 991. The third kappa shape index (κ3) is 6.73. The van der Waals surface area contributed by atoms with Crippen LogP contribution in [-0.4, -0.2) is 51.6 Å². The predicted octanol–water partition coefficient (Wildman–Crippen LogP) is 4.74. The number of amides is 1. The first-order valence-electron chi connectivity index (χ1n) is 11.6. The zero-order chi connectivity index (χ0) is 24.7. The van der Waals surface area contributed by atoms with Crippen LogP contribution < -0.4 is 0 Å². The van der Waals surface area contributed by atoms with Gasteiger partial charge in [0.15, 0.2) is 0 Å². The summed E-state index contributed by atoms with van der Waals surface area (Å²) in [7, 11) is 0. The summed E-state index contributed by atoms with van der Waals surface area (Å²) in [4.78, 5) is 24.4. The molecule has 34 heavy (non-hydrogen) atoms. The molecule has 0 saturated carbocycles. The number of alkyl halides is 2. The molecular formula is C27H31F2NO4. The number of hydrogen-bond donors (Lipinski definition) is 2. The van der Waals surface area contributed by atoms with Gasteiger partial charge in [0.2, 0.25) is 0 Å². The van der Waals surface area contributed by atoms with Crippen molar-refractivity contribution in [3.05, 3.63) is 83.4 Å². The van der Waals surface area contributed by atoms with Gasteiger partial charge in [0.05, 0.1) is 17.7 Å². The molecule has 2 N–H and O–H groups in total. The van der Waals surface area contributed by atoms with E-state index in [2.05, 4.69) is 12.1 Å². The van der Waals surface area contributed by atoms with Gasteiger partial charge in [-0.05, 0) is 54.9 Å². The van der Waals surface area contributed by atoms with Gasteiger partial charge in [-0.1, -0.05) is 61.5 Å². The smallest absolute Gasteiger partial charge is 0.335 e.